The number of methoxy groups -OCH3 is 1. The number of nitrogens with zero attached hydrogens (tertiary/aromatic N) is 1. The van der Waals surface area contributed by atoms with Crippen molar-refractivity contribution in [1.82, 2.24) is 0 Å². The molecule has 4 heteroatoms. The Balaban J connectivity index is 2.06. The van der Waals surface area contributed by atoms with Crippen LogP contribution in [0, 0.1) is 5.41 Å². The van der Waals surface area contributed by atoms with Crippen LogP contribution in [0.2, 0.25) is 0 Å². The van der Waals surface area contributed by atoms with E-state index in [1.54, 1.807) is 7.11 Å². The highest BCUT2D eigenvalue weighted by atomic mass is 16.5. The molecule has 1 aromatic carbocycles. The van der Waals surface area contributed by atoms with Gasteiger partial charge in [-0.3, -0.25) is 4.79 Å². The van der Waals surface area contributed by atoms with Crippen LogP contribution < -0.4 is 15.0 Å². The van der Waals surface area contributed by atoms with Gasteiger partial charge in [0.05, 0.1) is 18.5 Å². The van der Waals surface area contributed by atoms with Crippen molar-refractivity contribution in [2.45, 2.75) is 32.7 Å². The third-order valence-electron chi connectivity index (χ3n) is 4.29. The van der Waals surface area contributed by atoms with E-state index in [0.29, 0.717) is 0 Å². The number of hydrogen-bond donors (Lipinski definition) is 1. The average Bonchev–Trinajstić information content (AvgIpc) is 2.37. The first-order valence-corrected chi connectivity index (χ1v) is 6.78. The van der Waals surface area contributed by atoms with Gasteiger partial charge in [0.15, 0.2) is 0 Å². The lowest BCUT2D eigenvalue weighted by Crippen LogP contribution is -2.58. The number of rotatable bonds is 1. The molecule has 1 amide bonds. The normalized spacial score (nSPS) is 24.3. The molecule has 1 aromatic rings. The van der Waals surface area contributed by atoms with Gasteiger partial charge >= 0.3 is 0 Å². The van der Waals surface area contributed by atoms with Crippen LogP contribution in [0.1, 0.15) is 26.7 Å². The van der Waals surface area contributed by atoms with Crippen molar-refractivity contribution in [2.75, 3.05) is 23.9 Å². The van der Waals surface area contributed by atoms with E-state index in [4.69, 9.17) is 4.74 Å². The molecule has 2 aliphatic rings. The summed E-state index contributed by atoms with van der Waals surface area (Å²) in [5, 5.41) is 3.03. The Labute approximate surface area is 113 Å². The fourth-order valence-corrected chi connectivity index (χ4v) is 3.34. The minimum Gasteiger partial charge on any atom is -0.497 e. The molecule has 2 heterocycles. The molecule has 0 bridgehead atoms. The number of piperidine rings is 1. The van der Waals surface area contributed by atoms with Gasteiger partial charge in [0.2, 0.25) is 5.91 Å². The lowest BCUT2D eigenvalue weighted by Gasteiger charge is -2.49. The summed E-state index contributed by atoms with van der Waals surface area (Å²) in [4.78, 5) is 14.7. The molecule has 1 fully saturated rings. The number of amides is 1. The lowest BCUT2D eigenvalue weighted by molar-refractivity contribution is -0.120. The van der Waals surface area contributed by atoms with Crippen molar-refractivity contribution in [3.8, 4) is 5.75 Å². The number of ether oxygens (including phenoxy) is 1. The van der Waals surface area contributed by atoms with Gasteiger partial charge in [0.1, 0.15) is 11.8 Å². The molecule has 3 rings (SSSR count). The molecule has 1 atom stereocenters. The van der Waals surface area contributed by atoms with Crippen molar-refractivity contribution in [2.24, 2.45) is 5.41 Å². The summed E-state index contributed by atoms with van der Waals surface area (Å²) in [5.74, 6) is 0.874. The third-order valence-corrected chi connectivity index (χ3v) is 4.29. The summed E-state index contributed by atoms with van der Waals surface area (Å²) in [6, 6.07) is 5.82. The van der Waals surface area contributed by atoms with Crippen LogP contribution in [0.3, 0.4) is 0 Å². The topological polar surface area (TPSA) is 41.6 Å². The molecule has 1 unspecified atom stereocenters. The second kappa shape index (κ2) is 4.15. The number of anilines is 2. The van der Waals surface area contributed by atoms with Crippen LogP contribution >= 0.6 is 0 Å². The Morgan fingerprint density at radius 1 is 1.42 bits per heavy atom. The molecule has 19 heavy (non-hydrogen) atoms. The Kier molecular flexibility index (Phi) is 2.69. The van der Waals surface area contributed by atoms with Crippen molar-refractivity contribution >= 4 is 17.3 Å². The molecular weight excluding hydrogens is 240 g/mol. The summed E-state index contributed by atoms with van der Waals surface area (Å²) >= 11 is 0. The minimum absolute atomic E-state index is 0.0138. The number of carbonyl (C=O) groups is 1. The predicted molar refractivity (Wildman–Crippen MR) is 75.8 cm³/mol. The summed E-state index contributed by atoms with van der Waals surface area (Å²) in [6.45, 7) is 5.30. The molecule has 0 saturated carbocycles. The highest BCUT2D eigenvalue weighted by Crippen LogP contribution is 2.44. The SMILES string of the molecule is COc1ccc2c(c1)NC(=O)C1N2CCCC1(C)C. The predicted octanol–water partition coefficient (Wildman–Crippen LogP) is 2.64. The smallest absolute Gasteiger partial charge is 0.247 e. The quantitative estimate of drug-likeness (QED) is 0.844. The van der Waals surface area contributed by atoms with Crippen molar-refractivity contribution in [1.29, 1.82) is 0 Å². The minimum atomic E-state index is -0.0675. The second-order valence-corrected chi connectivity index (χ2v) is 6.06. The Bertz CT molecular complexity index is 525. The third kappa shape index (κ3) is 1.86. The average molecular weight is 260 g/mol. The van der Waals surface area contributed by atoms with E-state index < -0.39 is 0 Å². The van der Waals surface area contributed by atoms with Crippen LogP contribution in [0.15, 0.2) is 18.2 Å². The van der Waals surface area contributed by atoms with Crippen LogP contribution in [0.5, 0.6) is 5.75 Å². The Morgan fingerprint density at radius 3 is 2.95 bits per heavy atom. The first-order valence-electron chi connectivity index (χ1n) is 6.78. The Hall–Kier alpha value is -1.71. The number of benzene rings is 1. The van der Waals surface area contributed by atoms with Gasteiger partial charge in [-0.15, -0.1) is 0 Å². The molecular formula is C15H20N2O2. The largest absolute Gasteiger partial charge is 0.497 e. The first-order chi connectivity index (χ1) is 9.03. The molecule has 0 radical (unpaired) electrons. The summed E-state index contributed by atoms with van der Waals surface area (Å²) < 4.78 is 5.22. The highest BCUT2D eigenvalue weighted by molar-refractivity contribution is 6.04. The molecule has 4 nitrogen and oxygen atoms in total. The van der Waals surface area contributed by atoms with E-state index >= 15 is 0 Å². The number of fused-ring (bicyclic) bond motifs is 3. The van der Waals surface area contributed by atoms with E-state index in [1.165, 1.54) is 0 Å². The standard InChI is InChI=1S/C15H20N2O2/c1-15(2)7-4-8-17-12-6-5-10(19-3)9-11(12)16-14(18)13(15)17/h5-6,9,13H,4,7-8H2,1-3H3,(H,16,18). The van der Waals surface area contributed by atoms with Crippen molar-refractivity contribution in [3.63, 3.8) is 0 Å². The zero-order valence-corrected chi connectivity index (χ0v) is 11.7. The van der Waals surface area contributed by atoms with Gasteiger partial charge in [-0.1, -0.05) is 13.8 Å². The maximum Gasteiger partial charge on any atom is 0.247 e. The number of carbonyl (C=O) groups excluding carboxylic acids is 1. The fraction of sp³-hybridized carbons (Fsp3) is 0.533. The molecule has 0 aliphatic carbocycles. The van der Waals surface area contributed by atoms with E-state index in [0.717, 1.165) is 36.5 Å². The van der Waals surface area contributed by atoms with Crippen LogP contribution in [0.4, 0.5) is 11.4 Å². The molecule has 0 spiro atoms. The van der Waals surface area contributed by atoms with E-state index in [2.05, 4.69) is 24.1 Å². The molecule has 102 valence electrons. The molecule has 2 aliphatic heterocycles. The summed E-state index contributed by atoms with van der Waals surface area (Å²) in [6.07, 6.45) is 2.22. The molecule has 0 aromatic heterocycles. The summed E-state index contributed by atoms with van der Waals surface area (Å²) in [5.41, 5.74) is 1.98. The van der Waals surface area contributed by atoms with Crippen molar-refractivity contribution in [3.05, 3.63) is 18.2 Å². The van der Waals surface area contributed by atoms with E-state index in [1.807, 2.05) is 18.2 Å². The zero-order chi connectivity index (χ0) is 13.6. The van der Waals surface area contributed by atoms with Crippen LogP contribution in [-0.4, -0.2) is 25.6 Å². The Morgan fingerprint density at radius 2 is 2.21 bits per heavy atom. The van der Waals surface area contributed by atoms with Gasteiger partial charge in [-0.25, -0.2) is 0 Å². The second-order valence-electron chi connectivity index (χ2n) is 6.06. The maximum absolute atomic E-state index is 12.4. The molecule has 1 saturated heterocycles. The van der Waals surface area contributed by atoms with Gasteiger partial charge in [0, 0.05) is 12.6 Å². The first kappa shape index (κ1) is 12.3. The van der Waals surface area contributed by atoms with Gasteiger partial charge < -0.3 is 15.0 Å². The fourth-order valence-electron chi connectivity index (χ4n) is 3.34. The van der Waals surface area contributed by atoms with Crippen molar-refractivity contribution < 1.29 is 9.53 Å². The van der Waals surface area contributed by atoms with E-state index in [-0.39, 0.29) is 17.4 Å². The van der Waals surface area contributed by atoms with Crippen LogP contribution in [0.25, 0.3) is 0 Å². The number of hydrogen-bond acceptors (Lipinski definition) is 3. The number of nitrogens with one attached hydrogen (secondary N) is 1. The molecule has 1 N–H and O–H groups in total. The van der Waals surface area contributed by atoms with Crippen LogP contribution in [-0.2, 0) is 4.79 Å². The summed E-state index contributed by atoms with van der Waals surface area (Å²) in [7, 11) is 1.64. The zero-order valence-electron chi connectivity index (χ0n) is 11.7. The van der Waals surface area contributed by atoms with Gasteiger partial charge in [0.25, 0.3) is 0 Å². The maximum atomic E-state index is 12.4. The van der Waals surface area contributed by atoms with Gasteiger partial charge in [-0.05, 0) is 30.4 Å². The lowest BCUT2D eigenvalue weighted by atomic mass is 9.75. The highest BCUT2D eigenvalue weighted by Gasteiger charge is 2.45. The monoisotopic (exact) mass is 260 g/mol. The van der Waals surface area contributed by atoms with E-state index in [9.17, 15) is 4.79 Å². The van der Waals surface area contributed by atoms with Gasteiger partial charge in [-0.2, -0.15) is 0 Å².